The quantitative estimate of drug-likeness (QED) is 0.159. The van der Waals surface area contributed by atoms with E-state index in [1.54, 1.807) is 0 Å². The van der Waals surface area contributed by atoms with Gasteiger partial charge in [0.15, 0.2) is 25.0 Å². The summed E-state index contributed by atoms with van der Waals surface area (Å²) >= 11 is 0. The van der Waals surface area contributed by atoms with Crippen molar-refractivity contribution in [3.63, 3.8) is 0 Å². The van der Waals surface area contributed by atoms with Gasteiger partial charge in [0.2, 0.25) is 0 Å². The lowest BCUT2D eigenvalue weighted by Crippen LogP contribution is -2.59. The molecule has 0 aromatic heterocycles. The number of carbonyl (C=O) groups is 1. The Morgan fingerprint density at radius 2 is 1.06 bits per heavy atom. The van der Waals surface area contributed by atoms with Gasteiger partial charge < -0.3 is 85.7 Å². The lowest BCUT2D eigenvalue weighted by molar-refractivity contribution is -0.286. The number of aliphatic hydroxyl groups excluding tert-OH is 13. The molecule has 14 N–H and O–H groups in total. The number of carboxylic acid groups (broad SMARTS) is 1. The van der Waals surface area contributed by atoms with Crippen molar-refractivity contribution in [2.75, 3.05) is 13.2 Å². The van der Waals surface area contributed by atoms with E-state index in [0.717, 1.165) is 0 Å². The van der Waals surface area contributed by atoms with Gasteiger partial charge in [-0.1, -0.05) is 0 Å². The zero-order chi connectivity index (χ0) is 27.2. The SMILES string of the molecule is O=C(O)C1OC(O)C(O)C(O)C1O.OC1COC(O)C(O)C1O.OCC1OC(O)C(O)C(O)C1O. The first-order valence-electron chi connectivity index (χ1n) is 10.1. The zero-order valence-corrected chi connectivity index (χ0v) is 17.9. The van der Waals surface area contributed by atoms with Gasteiger partial charge in [-0.05, 0) is 0 Å². The van der Waals surface area contributed by atoms with Crippen molar-refractivity contribution in [2.24, 2.45) is 0 Å². The van der Waals surface area contributed by atoms with E-state index in [2.05, 4.69) is 14.2 Å². The fourth-order valence-electron chi connectivity index (χ4n) is 2.94. The third-order valence-electron chi connectivity index (χ3n) is 5.17. The highest BCUT2D eigenvalue weighted by atomic mass is 16.7. The van der Waals surface area contributed by atoms with Crippen LogP contribution in [0.1, 0.15) is 0 Å². The van der Waals surface area contributed by atoms with Crippen LogP contribution in [0.15, 0.2) is 0 Å². The summed E-state index contributed by atoms with van der Waals surface area (Å²) in [6.45, 7) is -0.679. The Labute approximate surface area is 196 Å². The van der Waals surface area contributed by atoms with Crippen LogP contribution in [-0.4, -0.2) is 177 Å². The highest BCUT2D eigenvalue weighted by Gasteiger charge is 2.46. The maximum absolute atomic E-state index is 10.4. The van der Waals surface area contributed by atoms with Crippen LogP contribution in [0.4, 0.5) is 0 Å². The van der Waals surface area contributed by atoms with Crippen LogP contribution in [0.5, 0.6) is 0 Å². The highest BCUT2D eigenvalue weighted by molar-refractivity contribution is 5.73. The molecule has 3 aliphatic rings. The molecule has 3 fully saturated rings. The van der Waals surface area contributed by atoms with Crippen LogP contribution in [0.25, 0.3) is 0 Å². The molecule has 18 nitrogen and oxygen atoms in total. The molecule has 0 saturated carbocycles. The maximum Gasteiger partial charge on any atom is 0.335 e. The lowest BCUT2D eigenvalue weighted by atomic mass is 9.99. The first-order valence-corrected chi connectivity index (χ1v) is 10.1. The van der Waals surface area contributed by atoms with Gasteiger partial charge in [-0.25, -0.2) is 4.79 Å². The second-order valence-corrected chi connectivity index (χ2v) is 7.75. The van der Waals surface area contributed by atoms with E-state index in [-0.39, 0.29) is 6.61 Å². The van der Waals surface area contributed by atoms with Crippen LogP contribution in [0.2, 0.25) is 0 Å². The molecule has 0 bridgehead atoms. The van der Waals surface area contributed by atoms with Gasteiger partial charge >= 0.3 is 5.97 Å². The molecule has 3 aliphatic heterocycles. The van der Waals surface area contributed by atoms with Crippen LogP contribution in [0.3, 0.4) is 0 Å². The Balaban J connectivity index is 0.000000265. The van der Waals surface area contributed by atoms with Gasteiger partial charge in [-0.3, -0.25) is 0 Å². The Morgan fingerprint density at radius 3 is 1.51 bits per heavy atom. The zero-order valence-electron chi connectivity index (χ0n) is 17.9. The van der Waals surface area contributed by atoms with Gasteiger partial charge in [-0.2, -0.15) is 0 Å². The maximum atomic E-state index is 10.4. The molecule has 0 aliphatic carbocycles. The normalized spacial score (nSPS) is 48.0. The fraction of sp³-hybridized carbons (Fsp3) is 0.941. The number of rotatable bonds is 2. The monoisotopic (exact) mass is 524 g/mol. The average molecular weight is 524 g/mol. The third-order valence-corrected chi connectivity index (χ3v) is 5.17. The van der Waals surface area contributed by atoms with Crippen molar-refractivity contribution in [1.29, 1.82) is 0 Å². The minimum absolute atomic E-state index is 0.153. The molecule has 0 amide bonds. The molecule has 35 heavy (non-hydrogen) atoms. The van der Waals surface area contributed by atoms with Crippen molar-refractivity contribution in [3.05, 3.63) is 0 Å². The predicted molar refractivity (Wildman–Crippen MR) is 103 cm³/mol. The molecule has 0 radical (unpaired) electrons. The van der Waals surface area contributed by atoms with Gasteiger partial charge in [0, 0.05) is 0 Å². The number of hydrogen-bond acceptors (Lipinski definition) is 17. The standard InChI is InChI=1S/C6H10O7.C6H12O6.C5H10O5/c7-1-2(8)4(5(10)11)13-6(12)3(1)9;7-1-2-3(8)4(9)5(10)6(11)12-2;6-2-1-10-5(9)4(8)3(2)7/h1-4,6-9,12H,(H,10,11);2-11H,1H2;2-9H,1H2. The van der Waals surface area contributed by atoms with Crippen molar-refractivity contribution in [3.8, 4) is 0 Å². The summed E-state index contributed by atoms with van der Waals surface area (Å²) in [6.07, 6.45) is -21.0. The molecule has 0 spiro atoms. The molecule has 0 aromatic carbocycles. The number of aliphatic carboxylic acids is 1. The summed E-state index contributed by atoms with van der Waals surface area (Å²) in [5, 5.41) is 124. The molecule has 14 unspecified atom stereocenters. The second kappa shape index (κ2) is 13.9. The summed E-state index contributed by atoms with van der Waals surface area (Å²) in [4.78, 5) is 10.4. The van der Waals surface area contributed by atoms with E-state index in [1.165, 1.54) is 0 Å². The molecule has 3 saturated heterocycles. The first-order chi connectivity index (χ1) is 16.1. The molecule has 3 heterocycles. The number of ether oxygens (including phenoxy) is 3. The van der Waals surface area contributed by atoms with E-state index in [1.807, 2.05) is 0 Å². The van der Waals surface area contributed by atoms with E-state index in [9.17, 15) is 4.79 Å². The Kier molecular flexibility index (Phi) is 12.7. The van der Waals surface area contributed by atoms with Gasteiger partial charge in [-0.15, -0.1) is 0 Å². The minimum atomic E-state index is -1.81. The Bertz CT molecular complexity index is 619. The van der Waals surface area contributed by atoms with Crippen LogP contribution >= 0.6 is 0 Å². The van der Waals surface area contributed by atoms with E-state index in [0.29, 0.717) is 0 Å². The third kappa shape index (κ3) is 8.16. The van der Waals surface area contributed by atoms with Gasteiger partial charge in [0.05, 0.1) is 13.2 Å². The van der Waals surface area contributed by atoms with Crippen molar-refractivity contribution in [1.82, 2.24) is 0 Å². The summed E-state index contributed by atoms with van der Waals surface area (Å²) in [6, 6.07) is 0. The summed E-state index contributed by atoms with van der Waals surface area (Å²) in [7, 11) is 0. The molecular weight excluding hydrogens is 492 g/mol. The van der Waals surface area contributed by atoms with E-state index in [4.69, 9.17) is 71.5 Å². The lowest BCUT2D eigenvalue weighted by Gasteiger charge is -2.37. The summed E-state index contributed by atoms with van der Waals surface area (Å²) in [5.41, 5.74) is 0. The van der Waals surface area contributed by atoms with Crippen molar-refractivity contribution < 1.29 is 90.5 Å². The summed E-state index contributed by atoms with van der Waals surface area (Å²) < 4.78 is 13.4. The smallest absolute Gasteiger partial charge is 0.335 e. The molecule has 3 rings (SSSR count). The second-order valence-electron chi connectivity index (χ2n) is 7.75. The number of hydrogen-bond donors (Lipinski definition) is 14. The molecule has 0 aromatic rings. The largest absolute Gasteiger partial charge is 0.479 e. The average Bonchev–Trinajstić information content (AvgIpc) is 2.82. The van der Waals surface area contributed by atoms with E-state index < -0.39 is 98.6 Å². The van der Waals surface area contributed by atoms with Crippen LogP contribution in [0, 0.1) is 0 Å². The topological polar surface area (TPSA) is 328 Å². The summed E-state index contributed by atoms with van der Waals surface area (Å²) in [5.74, 6) is -1.52. The van der Waals surface area contributed by atoms with Crippen LogP contribution < -0.4 is 0 Å². The Hall–Kier alpha value is -1.17. The molecule has 14 atom stereocenters. The Morgan fingerprint density at radius 1 is 0.600 bits per heavy atom. The highest BCUT2D eigenvalue weighted by Crippen LogP contribution is 2.20. The fourth-order valence-corrected chi connectivity index (χ4v) is 2.94. The van der Waals surface area contributed by atoms with Gasteiger partial charge in [0.1, 0.15) is 61.0 Å². The molecule has 18 heteroatoms. The van der Waals surface area contributed by atoms with Crippen molar-refractivity contribution >= 4 is 5.97 Å². The van der Waals surface area contributed by atoms with E-state index >= 15 is 0 Å². The number of aliphatic hydroxyl groups is 13. The molecule has 208 valence electrons. The van der Waals surface area contributed by atoms with Gasteiger partial charge in [0.25, 0.3) is 0 Å². The molecular formula is C17H32O18. The van der Waals surface area contributed by atoms with Crippen LogP contribution in [-0.2, 0) is 19.0 Å². The first kappa shape index (κ1) is 31.9. The minimum Gasteiger partial charge on any atom is -0.479 e. The number of carboxylic acids is 1. The van der Waals surface area contributed by atoms with Crippen molar-refractivity contribution in [2.45, 2.75) is 86.0 Å². The predicted octanol–water partition coefficient (Wildman–Crippen LogP) is -8.93.